The molecular weight excluding hydrogens is 533 g/mol. The largest absolute Gasteiger partial charge is 0.473 e. The number of esters is 1. The first-order valence-electron chi connectivity index (χ1n) is 13.5. The third-order valence-corrected chi connectivity index (χ3v) is 7.43. The second kappa shape index (κ2) is 12.6. The topological polar surface area (TPSA) is 69.9 Å². The molecule has 41 heavy (non-hydrogen) atoms. The van der Waals surface area contributed by atoms with Gasteiger partial charge in [0.25, 0.3) is 0 Å². The molecule has 6 nitrogen and oxygen atoms in total. The minimum atomic E-state index is -1.32. The summed E-state index contributed by atoms with van der Waals surface area (Å²) in [7, 11) is 0. The number of ether oxygens (including phenoxy) is 2. The first-order valence-corrected chi connectivity index (χ1v) is 13.5. The van der Waals surface area contributed by atoms with Crippen LogP contribution in [0.3, 0.4) is 0 Å². The van der Waals surface area contributed by atoms with Crippen LogP contribution in [0.25, 0.3) is 5.52 Å². The van der Waals surface area contributed by atoms with E-state index in [2.05, 4.69) is 5.10 Å². The van der Waals surface area contributed by atoms with Gasteiger partial charge in [0.05, 0.1) is 28.8 Å². The molecule has 0 radical (unpaired) electrons. The zero-order valence-corrected chi connectivity index (χ0v) is 23.6. The third-order valence-electron chi connectivity index (χ3n) is 7.43. The molecule has 0 N–H and O–H groups in total. The molecule has 0 spiro atoms. The van der Waals surface area contributed by atoms with Crippen molar-refractivity contribution in [1.82, 2.24) is 9.61 Å². The van der Waals surface area contributed by atoms with Gasteiger partial charge in [-0.3, -0.25) is 9.59 Å². The van der Waals surface area contributed by atoms with Gasteiger partial charge in [0.2, 0.25) is 5.88 Å². The molecule has 4 aromatic rings. The number of hydrogen-bond donors (Lipinski definition) is 0. The van der Waals surface area contributed by atoms with Crippen molar-refractivity contribution < 1.29 is 32.2 Å². The Balaban J connectivity index is 1.47. The van der Waals surface area contributed by atoms with E-state index in [4.69, 9.17) is 9.47 Å². The zero-order chi connectivity index (χ0) is 29.7. The molecule has 0 saturated carbocycles. The summed E-state index contributed by atoms with van der Waals surface area (Å²) in [4.78, 5) is 26.1. The normalized spacial score (nSPS) is 12.8. The van der Waals surface area contributed by atoms with Crippen molar-refractivity contribution in [3.05, 3.63) is 100.0 Å². The lowest BCUT2D eigenvalue weighted by molar-refractivity contribution is -0.147. The lowest BCUT2D eigenvalue weighted by Gasteiger charge is -2.27. The Labute approximate surface area is 237 Å². The lowest BCUT2D eigenvalue weighted by atomic mass is 9.78. The zero-order valence-electron chi connectivity index (χ0n) is 23.6. The van der Waals surface area contributed by atoms with E-state index in [-0.39, 0.29) is 37.1 Å². The predicted octanol–water partition coefficient (Wildman–Crippen LogP) is 7.46. The first kappa shape index (κ1) is 29.8. The van der Waals surface area contributed by atoms with Crippen LogP contribution in [0, 0.1) is 36.7 Å². The summed E-state index contributed by atoms with van der Waals surface area (Å²) in [6, 6.07) is 14.4. The summed E-state index contributed by atoms with van der Waals surface area (Å²) in [6.07, 6.45) is 1.51. The summed E-state index contributed by atoms with van der Waals surface area (Å²) in [5.41, 5.74) is 2.03. The van der Waals surface area contributed by atoms with E-state index in [1.54, 1.807) is 26.0 Å². The molecule has 2 aromatic carbocycles. The van der Waals surface area contributed by atoms with Gasteiger partial charge in [-0.2, -0.15) is 5.10 Å². The standard InChI is InChI=1S/C32H33F3N2O4/c1-5-32(4,17-29(39)41-18-22-9-7-6-8-10-22)14-13-27(38)30-21(3)36-37-26(30)15-20(2)16-28(37)40-19-23-24(33)11-12-25(34)31(23)35/h6-12,15-16H,5,13-14,17-19H2,1-4H3. The predicted molar refractivity (Wildman–Crippen MR) is 148 cm³/mol. The van der Waals surface area contributed by atoms with Crippen LogP contribution >= 0.6 is 0 Å². The Morgan fingerprint density at radius 3 is 2.39 bits per heavy atom. The van der Waals surface area contributed by atoms with Crippen molar-refractivity contribution >= 4 is 17.3 Å². The molecule has 0 saturated heterocycles. The summed E-state index contributed by atoms with van der Waals surface area (Å²) in [6.45, 7) is 7.07. The highest BCUT2D eigenvalue weighted by atomic mass is 19.2. The maximum atomic E-state index is 14.2. The van der Waals surface area contributed by atoms with Gasteiger partial charge < -0.3 is 9.47 Å². The number of Topliss-reactive ketones (excluding diaryl/α,β-unsaturated/α-hetero) is 1. The maximum Gasteiger partial charge on any atom is 0.306 e. The van der Waals surface area contributed by atoms with Crippen molar-refractivity contribution in [3.63, 3.8) is 0 Å². The number of carbonyl (C=O) groups is 2. The van der Waals surface area contributed by atoms with Gasteiger partial charge in [0, 0.05) is 12.5 Å². The monoisotopic (exact) mass is 566 g/mol. The quantitative estimate of drug-likeness (QED) is 0.101. The number of carbonyl (C=O) groups excluding carboxylic acids is 2. The number of benzene rings is 2. The van der Waals surface area contributed by atoms with Crippen LogP contribution in [-0.2, 0) is 22.7 Å². The molecule has 2 heterocycles. The van der Waals surface area contributed by atoms with Crippen LogP contribution in [0.15, 0.2) is 54.6 Å². The van der Waals surface area contributed by atoms with Crippen LogP contribution in [0.2, 0.25) is 0 Å². The number of nitrogens with zero attached hydrogens (tertiary/aromatic N) is 2. The van der Waals surface area contributed by atoms with E-state index >= 15 is 0 Å². The second-order valence-corrected chi connectivity index (χ2v) is 10.6. The Morgan fingerprint density at radius 2 is 1.68 bits per heavy atom. The SMILES string of the molecule is CCC(C)(CCC(=O)c1c(C)nn2c(OCc3c(F)ccc(F)c3F)cc(C)cc12)CC(=O)OCc1ccccc1. The molecule has 0 aliphatic carbocycles. The number of halogens is 3. The average molecular weight is 567 g/mol. The number of pyridine rings is 1. The lowest BCUT2D eigenvalue weighted by Crippen LogP contribution is -2.23. The number of fused-ring (bicyclic) bond motifs is 1. The summed E-state index contributed by atoms with van der Waals surface area (Å²) in [5.74, 6) is -3.72. The highest BCUT2D eigenvalue weighted by molar-refractivity contribution is 6.03. The van der Waals surface area contributed by atoms with Gasteiger partial charge in [-0.25, -0.2) is 17.7 Å². The van der Waals surface area contributed by atoms with E-state index in [1.165, 1.54) is 4.52 Å². The minimum Gasteiger partial charge on any atom is -0.473 e. The van der Waals surface area contributed by atoms with E-state index in [0.29, 0.717) is 35.7 Å². The number of ketones is 1. The molecule has 4 rings (SSSR count). The molecule has 1 atom stereocenters. The van der Waals surface area contributed by atoms with Gasteiger partial charge in [0.1, 0.15) is 19.0 Å². The van der Waals surface area contributed by atoms with Gasteiger partial charge >= 0.3 is 5.97 Å². The van der Waals surface area contributed by atoms with Gasteiger partial charge in [-0.1, -0.05) is 50.6 Å². The first-order chi connectivity index (χ1) is 19.5. The van der Waals surface area contributed by atoms with Gasteiger partial charge in [-0.05, 0) is 55.0 Å². The maximum absolute atomic E-state index is 14.2. The Bertz CT molecular complexity index is 1570. The fourth-order valence-corrected chi connectivity index (χ4v) is 4.72. The van der Waals surface area contributed by atoms with E-state index in [0.717, 1.165) is 17.2 Å². The van der Waals surface area contributed by atoms with E-state index < -0.39 is 35.0 Å². The molecule has 0 aliphatic rings. The van der Waals surface area contributed by atoms with Crippen LogP contribution < -0.4 is 4.74 Å². The number of aromatic nitrogens is 2. The summed E-state index contributed by atoms with van der Waals surface area (Å²) in [5, 5.41) is 4.45. The average Bonchev–Trinajstić information content (AvgIpc) is 3.28. The van der Waals surface area contributed by atoms with E-state index in [9.17, 15) is 22.8 Å². The molecule has 0 aliphatic heterocycles. The van der Waals surface area contributed by atoms with Crippen molar-refractivity contribution in [2.24, 2.45) is 5.41 Å². The fraction of sp³-hybridized carbons (Fsp3) is 0.344. The minimum absolute atomic E-state index is 0.145. The smallest absolute Gasteiger partial charge is 0.306 e. The molecule has 1 unspecified atom stereocenters. The van der Waals surface area contributed by atoms with E-state index in [1.807, 2.05) is 44.2 Å². The second-order valence-electron chi connectivity index (χ2n) is 10.6. The van der Waals surface area contributed by atoms with Crippen LogP contribution in [-0.4, -0.2) is 21.4 Å². The van der Waals surface area contributed by atoms with Crippen molar-refractivity contribution in [1.29, 1.82) is 0 Å². The molecular formula is C32H33F3N2O4. The molecule has 9 heteroatoms. The Morgan fingerprint density at radius 1 is 0.976 bits per heavy atom. The molecule has 0 fully saturated rings. The van der Waals surface area contributed by atoms with Gasteiger partial charge in [0.15, 0.2) is 17.4 Å². The van der Waals surface area contributed by atoms with Crippen LogP contribution in [0.5, 0.6) is 5.88 Å². The van der Waals surface area contributed by atoms with Crippen LogP contribution in [0.1, 0.15) is 72.3 Å². The molecule has 0 amide bonds. The molecule has 216 valence electrons. The molecule has 0 bridgehead atoms. The summed E-state index contributed by atoms with van der Waals surface area (Å²) >= 11 is 0. The highest BCUT2D eigenvalue weighted by Crippen LogP contribution is 2.34. The van der Waals surface area contributed by atoms with Gasteiger partial charge in [-0.15, -0.1) is 0 Å². The Kier molecular flexibility index (Phi) is 9.15. The van der Waals surface area contributed by atoms with Crippen LogP contribution in [0.4, 0.5) is 13.2 Å². The van der Waals surface area contributed by atoms with Crippen molar-refractivity contribution in [2.45, 2.75) is 66.6 Å². The Hall–Kier alpha value is -4.14. The number of aryl methyl sites for hydroxylation is 2. The highest BCUT2D eigenvalue weighted by Gasteiger charge is 2.29. The van der Waals surface area contributed by atoms with Crippen molar-refractivity contribution in [2.75, 3.05) is 0 Å². The fourth-order valence-electron chi connectivity index (χ4n) is 4.72. The third kappa shape index (κ3) is 6.96. The number of rotatable bonds is 12. The number of hydrogen-bond acceptors (Lipinski definition) is 5. The van der Waals surface area contributed by atoms with Crippen molar-refractivity contribution in [3.8, 4) is 5.88 Å². The summed E-state index contributed by atoms with van der Waals surface area (Å²) < 4.78 is 54.5. The molecule has 2 aromatic heterocycles.